The van der Waals surface area contributed by atoms with Crippen molar-refractivity contribution in [2.24, 2.45) is 0 Å². The van der Waals surface area contributed by atoms with Crippen LogP contribution in [0.2, 0.25) is 5.02 Å². The lowest BCUT2D eigenvalue weighted by Gasteiger charge is -2.21. The predicted molar refractivity (Wildman–Crippen MR) is 48.4 cm³/mol. The van der Waals surface area contributed by atoms with Crippen LogP contribution in [0.25, 0.3) is 0 Å². The van der Waals surface area contributed by atoms with E-state index in [1.165, 1.54) is 12.8 Å². The van der Waals surface area contributed by atoms with E-state index in [9.17, 15) is 0 Å². The Balaban J connectivity index is 2.13. The summed E-state index contributed by atoms with van der Waals surface area (Å²) < 4.78 is 0. The van der Waals surface area contributed by atoms with Crippen LogP contribution in [0.15, 0.2) is 6.20 Å². The van der Waals surface area contributed by atoms with E-state index in [4.69, 9.17) is 11.6 Å². The number of nitrogens with zero attached hydrogens (tertiary/aromatic N) is 1. The van der Waals surface area contributed by atoms with Crippen molar-refractivity contribution < 1.29 is 0 Å². The fraction of sp³-hybridized carbons (Fsp3) is 0.625. The Bertz CT molecular complexity index is 253. The van der Waals surface area contributed by atoms with Crippen LogP contribution in [-0.4, -0.2) is 23.3 Å². The lowest BCUT2D eigenvalue weighted by molar-refractivity contribution is 0.454. The first-order chi connectivity index (χ1) is 5.88. The lowest BCUT2D eigenvalue weighted by Crippen LogP contribution is -2.28. The summed E-state index contributed by atoms with van der Waals surface area (Å²) in [4.78, 5) is 0. The standard InChI is InChI=1S/C8H12ClN3/c9-7-5-11-12-8(7)6-2-1-3-10-4-6/h5-6,10H,1-4H2,(H,11,12). The largest absolute Gasteiger partial charge is 0.316 e. The Morgan fingerprint density at radius 3 is 3.08 bits per heavy atom. The molecule has 1 unspecified atom stereocenters. The molecule has 2 rings (SSSR count). The van der Waals surface area contributed by atoms with Gasteiger partial charge in [-0.1, -0.05) is 11.6 Å². The molecule has 1 saturated heterocycles. The highest BCUT2D eigenvalue weighted by Gasteiger charge is 2.18. The Hall–Kier alpha value is -0.540. The molecular weight excluding hydrogens is 174 g/mol. The molecular formula is C8H12ClN3. The van der Waals surface area contributed by atoms with Crippen LogP contribution in [0, 0.1) is 0 Å². The van der Waals surface area contributed by atoms with Crippen molar-refractivity contribution in [2.75, 3.05) is 13.1 Å². The maximum atomic E-state index is 5.95. The highest BCUT2D eigenvalue weighted by atomic mass is 35.5. The van der Waals surface area contributed by atoms with Crippen molar-refractivity contribution in [1.82, 2.24) is 15.5 Å². The number of nitrogens with one attached hydrogen (secondary N) is 2. The van der Waals surface area contributed by atoms with Gasteiger partial charge in [0.2, 0.25) is 0 Å². The van der Waals surface area contributed by atoms with Crippen molar-refractivity contribution in [2.45, 2.75) is 18.8 Å². The van der Waals surface area contributed by atoms with Crippen molar-refractivity contribution in [3.8, 4) is 0 Å². The molecule has 1 aromatic rings. The third-order valence-electron chi connectivity index (χ3n) is 2.33. The van der Waals surface area contributed by atoms with E-state index in [-0.39, 0.29) is 0 Å². The summed E-state index contributed by atoms with van der Waals surface area (Å²) >= 11 is 5.95. The zero-order valence-electron chi connectivity index (χ0n) is 6.81. The van der Waals surface area contributed by atoms with Crippen LogP contribution in [0.5, 0.6) is 0 Å². The molecule has 4 heteroatoms. The summed E-state index contributed by atoms with van der Waals surface area (Å²) in [5.74, 6) is 0.522. The van der Waals surface area contributed by atoms with E-state index in [1.54, 1.807) is 6.20 Å². The molecule has 0 bridgehead atoms. The molecule has 12 heavy (non-hydrogen) atoms. The first-order valence-corrected chi connectivity index (χ1v) is 4.65. The van der Waals surface area contributed by atoms with Gasteiger partial charge in [-0.25, -0.2) is 0 Å². The zero-order chi connectivity index (χ0) is 8.39. The van der Waals surface area contributed by atoms with Crippen molar-refractivity contribution in [1.29, 1.82) is 0 Å². The van der Waals surface area contributed by atoms with Gasteiger partial charge in [-0.15, -0.1) is 0 Å². The van der Waals surface area contributed by atoms with Gasteiger partial charge in [-0.05, 0) is 19.4 Å². The Labute approximate surface area is 76.5 Å². The SMILES string of the molecule is Clc1cn[nH]c1C1CCCNC1. The molecule has 3 nitrogen and oxygen atoms in total. The number of aromatic amines is 1. The normalized spacial score (nSPS) is 24.2. The predicted octanol–water partition coefficient (Wildman–Crippen LogP) is 1.53. The number of aromatic nitrogens is 2. The van der Waals surface area contributed by atoms with Crippen molar-refractivity contribution >= 4 is 11.6 Å². The van der Waals surface area contributed by atoms with Crippen LogP contribution in [0.1, 0.15) is 24.5 Å². The molecule has 0 saturated carbocycles. The van der Waals surface area contributed by atoms with E-state index < -0.39 is 0 Å². The number of rotatable bonds is 1. The quantitative estimate of drug-likeness (QED) is 0.697. The maximum absolute atomic E-state index is 5.95. The van der Waals surface area contributed by atoms with E-state index >= 15 is 0 Å². The minimum atomic E-state index is 0.522. The molecule has 0 aromatic carbocycles. The van der Waals surface area contributed by atoms with Crippen LogP contribution in [0.4, 0.5) is 0 Å². The second kappa shape index (κ2) is 3.46. The Kier molecular flexibility index (Phi) is 2.33. The fourth-order valence-electron chi connectivity index (χ4n) is 1.67. The Morgan fingerprint density at radius 1 is 1.58 bits per heavy atom. The first kappa shape index (κ1) is 8.08. The number of piperidine rings is 1. The first-order valence-electron chi connectivity index (χ1n) is 4.27. The summed E-state index contributed by atoms with van der Waals surface area (Å²) in [6, 6.07) is 0. The molecule has 0 radical (unpaired) electrons. The van der Waals surface area contributed by atoms with Gasteiger partial charge in [0.15, 0.2) is 0 Å². The van der Waals surface area contributed by atoms with Crippen LogP contribution >= 0.6 is 11.6 Å². The molecule has 1 aromatic heterocycles. The molecule has 0 spiro atoms. The van der Waals surface area contributed by atoms with E-state index in [2.05, 4.69) is 15.5 Å². The van der Waals surface area contributed by atoms with Crippen LogP contribution in [0.3, 0.4) is 0 Å². The van der Waals surface area contributed by atoms with Gasteiger partial charge < -0.3 is 5.32 Å². The molecule has 66 valence electrons. The molecule has 0 aliphatic carbocycles. The summed E-state index contributed by atoms with van der Waals surface area (Å²) in [6.07, 6.45) is 4.10. The zero-order valence-corrected chi connectivity index (χ0v) is 7.56. The van der Waals surface area contributed by atoms with Gasteiger partial charge in [-0.2, -0.15) is 5.10 Å². The van der Waals surface area contributed by atoms with Gasteiger partial charge in [0.25, 0.3) is 0 Å². The molecule has 1 aliphatic heterocycles. The van der Waals surface area contributed by atoms with Crippen LogP contribution < -0.4 is 5.32 Å². The van der Waals surface area contributed by atoms with Gasteiger partial charge in [-0.3, -0.25) is 5.10 Å². The number of H-pyrrole nitrogens is 1. The second-order valence-corrected chi connectivity index (χ2v) is 3.58. The molecule has 1 fully saturated rings. The van der Waals surface area contributed by atoms with Gasteiger partial charge in [0, 0.05) is 12.5 Å². The highest BCUT2D eigenvalue weighted by molar-refractivity contribution is 6.31. The second-order valence-electron chi connectivity index (χ2n) is 3.17. The smallest absolute Gasteiger partial charge is 0.0818 e. The summed E-state index contributed by atoms with van der Waals surface area (Å²) in [5.41, 5.74) is 1.09. The highest BCUT2D eigenvalue weighted by Crippen LogP contribution is 2.26. The number of hydrogen-bond donors (Lipinski definition) is 2. The minimum absolute atomic E-state index is 0.522. The van der Waals surface area contributed by atoms with Gasteiger partial charge in [0.1, 0.15) is 0 Å². The monoisotopic (exact) mass is 185 g/mol. The number of hydrogen-bond acceptors (Lipinski definition) is 2. The van der Waals surface area contributed by atoms with Gasteiger partial charge >= 0.3 is 0 Å². The van der Waals surface area contributed by atoms with Crippen molar-refractivity contribution in [3.63, 3.8) is 0 Å². The molecule has 1 atom stereocenters. The summed E-state index contributed by atoms with van der Waals surface area (Å²) in [7, 11) is 0. The lowest BCUT2D eigenvalue weighted by atomic mass is 9.96. The average Bonchev–Trinajstić information content (AvgIpc) is 2.53. The molecule has 0 amide bonds. The molecule has 2 heterocycles. The fourth-order valence-corrected chi connectivity index (χ4v) is 1.91. The third kappa shape index (κ3) is 1.47. The average molecular weight is 186 g/mol. The van der Waals surface area contributed by atoms with Gasteiger partial charge in [0.05, 0.1) is 16.9 Å². The molecule has 2 N–H and O–H groups in total. The van der Waals surface area contributed by atoms with E-state index in [0.717, 1.165) is 23.8 Å². The third-order valence-corrected chi connectivity index (χ3v) is 2.63. The maximum Gasteiger partial charge on any atom is 0.0818 e. The molecule has 1 aliphatic rings. The van der Waals surface area contributed by atoms with Crippen molar-refractivity contribution in [3.05, 3.63) is 16.9 Å². The summed E-state index contributed by atoms with van der Waals surface area (Å²) in [6.45, 7) is 2.14. The van der Waals surface area contributed by atoms with E-state index in [0.29, 0.717) is 5.92 Å². The minimum Gasteiger partial charge on any atom is -0.316 e. The van der Waals surface area contributed by atoms with E-state index in [1.807, 2.05) is 0 Å². The van der Waals surface area contributed by atoms with Crippen LogP contribution in [-0.2, 0) is 0 Å². The number of halogens is 1. The Morgan fingerprint density at radius 2 is 2.50 bits per heavy atom. The summed E-state index contributed by atoms with van der Waals surface area (Å²) in [5, 5.41) is 11.0. The topological polar surface area (TPSA) is 40.7 Å².